The SMILES string of the molecule is c1ccc2c(c1)CCC(n1cncc1C1CCCNC1)C2. The number of fused-ring (bicyclic) bond motifs is 1. The Hall–Kier alpha value is -1.61. The average molecular weight is 281 g/mol. The molecule has 0 saturated carbocycles. The van der Waals surface area contributed by atoms with Crippen molar-refractivity contribution in [2.75, 3.05) is 13.1 Å². The van der Waals surface area contributed by atoms with Gasteiger partial charge in [0.2, 0.25) is 0 Å². The zero-order chi connectivity index (χ0) is 14.1. The van der Waals surface area contributed by atoms with Gasteiger partial charge in [-0.05, 0) is 49.8 Å². The van der Waals surface area contributed by atoms with Crippen LogP contribution in [0.1, 0.15) is 48.0 Å². The minimum Gasteiger partial charge on any atom is -0.331 e. The molecule has 1 fully saturated rings. The summed E-state index contributed by atoms with van der Waals surface area (Å²) in [6.45, 7) is 2.27. The van der Waals surface area contributed by atoms with Crippen LogP contribution in [0.25, 0.3) is 0 Å². The molecule has 1 aromatic heterocycles. The number of hydrogen-bond acceptors (Lipinski definition) is 2. The van der Waals surface area contributed by atoms with E-state index in [1.165, 1.54) is 49.0 Å². The lowest BCUT2D eigenvalue weighted by Gasteiger charge is -2.30. The van der Waals surface area contributed by atoms with E-state index in [1.54, 1.807) is 0 Å². The zero-order valence-electron chi connectivity index (χ0n) is 12.5. The predicted octanol–water partition coefficient (Wildman–Crippen LogP) is 3.08. The van der Waals surface area contributed by atoms with Crippen molar-refractivity contribution in [2.24, 2.45) is 0 Å². The molecule has 2 unspecified atom stereocenters. The zero-order valence-corrected chi connectivity index (χ0v) is 12.5. The van der Waals surface area contributed by atoms with Crippen molar-refractivity contribution in [3.05, 3.63) is 53.6 Å². The highest BCUT2D eigenvalue weighted by molar-refractivity contribution is 5.30. The van der Waals surface area contributed by atoms with Gasteiger partial charge in [-0.3, -0.25) is 0 Å². The second-order valence-corrected chi connectivity index (χ2v) is 6.43. The topological polar surface area (TPSA) is 29.9 Å². The van der Waals surface area contributed by atoms with Crippen molar-refractivity contribution in [3.8, 4) is 0 Å². The van der Waals surface area contributed by atoms with Crippen molar-refractivity contribution < 1.29 is 0 Å². The number of imidazole rings is 1. The predicted molar refractivity (Wildman–Crippen MR) is 84.6 cm³/mol. The molecule has 2 heterocycles. The van der Waals surface area contributed by atoms with E-state index >= 15 is 0 Å². The summed E-state index contributed by atoms with van der Waals surface area (Å²) in [4.78, 5) is 4.46. The number of nitrogens with one attached hydrogen (secondary N) is 1. The summed E-state index contributed by atoms with van der Waals surface area (Å²) < 4.78 is 2.47. The van der Waals surface area contributed by atoms with Gasteiger partial charge in [0.1, 0.15) is 0 Å². The Kier molecular flexibility index (Phi) is 3.52. The second-order valence-electron chi connectivity index (χ2n) is 6.43. The number of piperidine rings is 1. The molecule has 2 atom stereocenters. The van der Waals surface area contributed by atoms with Gasteiger partial charge in [-0.25, -0.2) is 4.98 Å². The van der Waals surface area contributed by atoms with E-state index in [4.69, 9.17) is 0 Å². The van der Waals surface area contributed by atoms with Gasteiger partial charge in [0.05, 0.1) is 6.33 Å². The highest BCUT2D eigenvalue weighted by Crippen LogP contribution is 2.32. The van der Waals surface area contributed by atoms with E-state index in [0.717, 1.165) is 13.0 Å². The van der Waals surface area contributed by atoms with Crippen LogP contribution in [0.3, 0.4) is 0 Å². The number of nitrogens with zero attached hydrogens (tertiary/aromatic N) is 2. The minimum atomic E-state index is 0.583. The molecule has 21 heavy (non-hydrogen) atoms. The fraction of sp³-hybridized carbons (Fsp3) is 0.500. The summed E-state index contributed by atoms with van der Waals surface area (Å²) >= 11 is 0. The Balaban J connectivity index is 1.59. The molecule has 4 rings (SSSR count). The third-order valence-electron chi connectivity index (χ3n) is 5.13. The molecule has 110 valence electrons. The van der Waals surface area contributed by atoms with Gasteiger partial charge >= 0.3 is 0 Å². The fourth-order valence-electron chi connectivity index (χ4n) is 3.96. The molecule has 2 aromatic rings. The quantitative estimate of drug-likeness (QED) is 0.917. The Morgan fingerprint density at radius 1 is 1.14 bits per heavy atom. The van der Waals surface area contributed by atoms with Crippen LogP contribution in [0, 0.1) is 0 Å². The minimum absolute atomic E-state index is 0.583. The molecule has 1 aliphatic heterocycles. The van der Waals surface area contributed by atoms with Crippen LogP contribution in [0.5, 0.6) is 0 Å². The highest BCUT2D eigenvalue weighted by Gasteiger charge is 2.25. The first-order valence-corrected chi connectivity index (χ1v) is 8.21. The maximum atomic E-state index is 4.46. The van der Waals surface area contributed by atoms with Gasteiger partial charge in [-0.15, -0.1) is 0 Å². The van der Waals surface area contributed by atoms with E-state index in [-0.39, 0.29) is 0 Å². The van der Waals surface area contributed by atoms with E-state index in [2.05, 4.69) is 51.7 Å². The molecule has 2 aliphatic rings. The number of benzene rings is 1. The summed E-state index contributed by atoms with van der Waals surface area (Å²) in [5.41, 5.74) is 4.50. The molecule has 0 radical (unpaired) electrons. The van der Waals surface area contributed by atoms with Gasteiger partial charge in [-0.2, -0.15) is 0 Å². The van der Waals surface area contributed by atoms with E-state index in [9.17, 15) is 0 Å². The third-order valence-corrected chi connectivity index (χ3v) is 5.13. The first-order valence-electron chi connectivity index (χ1n) is 8.21. The molecule has 1 aliphatic carbocycles. The van der Waals surface area contributed by atoms with Crippen molar-refractivity contribution in [1.82, 2.24) is 14.9 Å². The van der Waals surface area contributed by atoms with E-state index < -0.39 is 0 Å². The standard InChI is InChI=1S/C18H23N3/c1-2-5-15-10-17(8-7-14(15)4-1)21-13-20-12-18(21)16-6-3-9-19-11-16/h1-2,4-5,12-13,16-17,19H,3,6-11H2. The first kappa shape index (κ1) is 13.1. The molecule has 0 spiro atoms. The largest absolute Gasteiger partial charge is 0.331 e. The maximum absolute atomic E-state index is 4.46. The Labute approximate surface area is 126 Å². The molecule has 0 bridgehead atoms. The molecular weight excluding hydrogens is 258 g/mol. The number of aromatic nitrogens is 2. The molecule has 3 heteroatoms. The van der Waals surface area contributed by atoms with Crippen molar-refractivity contribution >= 4 is 0 Å². The average Bonchev–Trinajstić information content (AvgIpc) is 3.05. The van der Waals surface area contributed by atoms with Crippen LogP contribution >= 0.6 is 0 Å². The van der Waals surface area contributed by atoms with E-state index in [0.29, 0.717) is 12.0 Å². The normalized spacial score (nSPS) is 25.5. The summed E-state index contributed by atoms with van der Waals surface area (Å²) in [5.74, 6) is 0.637. The van der Waals surface area contributed by atoms with Gasteiger partial charge in [-0.1, -0.05) is 24.3 Å². The van der Waals surface area contributed by atoms with Crippen molar-refractivity contribution in [2.45, 2.75) is 44.1 Å². The Morgan fingerprint density at radius 2 is 2.05 bits per heavy atom. The van der Waals surface area contributed by atoms with Crippen LogP contribution in [0.2, 0.25) is 0 Å². The fourth-order valence-corrected chi connectivity index (χ4v) is 3.96. The van der Waals surface area contributed by atoms with Gasteiger partial charge in [0, 0.05) is 30.4 Å². The molecular formula is C18H23N3. The number of rotatable bonds is 2. The third kappa shape index (κ3) is 2.51. The molecule has 1 N–H and O–H groups in total. The second kappa shape index (κ2) is 5.64. The lowest BCUT2D eigenvalue weighted by molar-refractivity contribution is 0.392. The molecule has 0 amide bonds. The van der Waals surface area contributed by atoms with Crippen molar-refractivity contribution in [3.63, 3.8) is 0 Å². The molecule has 1 aromatic carbocycles. The lowest BCUT2D eigenvalue weighted by Crippen LogP contribution is -2.30. The maximum Gasteiger partial charge on any atom is 0.0951 e. The lowest BCUT2D eigenvalue weighted by atomic mass is 9.87. The number of hydrogen-bond donors (Lipinski definition) is 1. The molecule has 3 nitrogen and oxygen atoms in total. The van der Waals surface area contributed by atoms with Crippen LogP contribution in [-0.4, -0.2) is 22.6 Å². The monoisotopic (exact) mass is 281 g/mol. The number of aryl methyl sites for hydroxylation is 1. The van der Waals surface area contributed by atoms with Crippen LogP contribution < -0.4 is 5.32 Å². The smallest absolute Gasteiger partial charge is 0.0951 e. The summed E-state index contributed by atoms with van der Waals surface area (Å²) in [6, 6.07) is 9.49. The van der Waals surface area contributed by atoms with Crippen molar-refractivity contribution in [1.29, 1.82) is 0 Å². The van der Waals surface area contributed by atoms with Crippen LogP contribution in [0.4, 0.5) is 0 Å². The Bertz CT molecular complexity index is 610. The molecule has 1 saturated heterocycles. The highest BCUT2D eigenvalue weighted by atomic mass is 15.1. The summed E-state index contributed by atoms with van der Waals surface area (Å²) in [6.07, 6.45) is 10.3. The van der Waals surface area contributed by atoms with Gasteiger partial charge in [0.25, 0.3) is 0 Å². The van der Waals surface area contributed by atoms with Crippen LogP contribution in [0.15, 0.2) is 36.8 Å². The van der Waals surface area contributed by atoms with Crippen LogP contribution in [-0.2, 0) is 12.8 Å². The Morgan fingerprint density at radius 3 is 2.90 bits per heavy atom. The van der Waals surface area contributed by atoms with Gasteiger partial charge in [0.15, 0.2) is 0 Å². The first-order chi connectivity index (χ1) is 10.4. The van der Waals surface area contributed by atoms with E-state index in [1.807, 2.05) is 0 Å². The summed E-state index contributed by atoms with van der Waals surface area (Å²) in [5, 5.41) is 3.53. The van der Waals surface area contributed by atoms with Gasteiger partial charge < -0.3 is 9.88 Å². The summed E-state index contributed by atoms with van der Waals surface area (Å²) in [7, 11) is 0.